The fourth-order valence-electron chi connectivity index (χ4n) is 3.12. The predicted octanol–water partition coefficient (Wildman–Crippen LogP) is -1.72. The van der Waals surface area contributed by atoms with Gasteiger partial charge in [0.2, 0.25) is 35.4 Å². The monoisotopic (exact) mass is 425 g/mol. The fraction of sp³-hybridized carbons (Fsp3) is 0.684. The molecular formula is C19H31N5O6. The summed E-state index contributed by atoms with van der Waals surface area (Å²) in [4.78, 5) is 72.9. The normalized spacial score (nSPS) is 17.9. The van der Waals surface area contributed by atoms with Crippen LogP contribution in [0.25, 0.3) is 0 Å². The molecule has 0 aromatic carbocycles. The zero-order valence-electron chi connectivity index (χ0n) is 17.9. The van der Waals surface area contributed by atoms with Crippen LogP contribution < -0.4 is 21.3 Å². The predicted molar refractivity (Wildman–Crippen MR) is 107 cm³/mol. The van der Waals surface area contributed by atoms with E-state index in [0.29, 0.717) is 13.0 Å². The number of likely N-dealkylation sites (tertiary alicyclic amines) is 1. The van der Waals surface area contributed by atoms with E-state index < -0.39 is 35.6 Å². The molecule has 1 heterocycles. The molecule has 0 bridgehead atoms. The molecule has 168 valence electrons. The standard InChI is InChI=1S/C19H31N5O6/c1-5-24-16(27)9-12(19(24)30)6-7-22-15(26)10-13(18(29)21-4)23-17(28)11(2)8-14(25)20-3/h11-13H,5-10H2,1-4H3,(H,20,25)(H,21,29)(H,22,26)(H,23,28). The van der Waals surface area contributed by atoms with E-state index in [2.05, 4.69) is 21.3 Å². The average molecular weight is 425 g/mol. The lowest BCUT2D eigenvalue weighted by Crippen LogP contribution is -2.50. The molecule has 30 heavy (non-hydrogen) atoms. The zero-order chi connectivity index (χ0) is 22.8. The van der Waals surface area contributed by atoms with Gasteiger partial charge in [0.05, 0.1) is 6.42 Å². The molecule has 0 spiro atoms. The Hall–Kier alpha value is -2.98. The summed E-state index contributed by atoms with van der Waals surface area (Å²) < 4.78 is 0. The maximum absolute atomic E-state index is 12.2. The van der Waals surface area contributed by atoms with Crippen molar-refractivity contribution in [2.75, 3.05) is 27.2 Å². The summed E-state index contributed by atoms with van der Waals surface area (Å²) in [6.07, 6.45) is 0.102. The van der Waals surface area contributed by atoms with Crippen LogP contribution in [-0.4, -0.2) is 73.6 Å². The van der Waals surface area contributed by atoms with Gasteiger partial charge in [0.15, 0.2) is 0 Å². The minimum atomic E-state index is -1.10. The molecule has 0 aromatic heterocycles. The fourth-order valence-corrected chi connectivity index (χ4v) is 3.12. The molecule has 0 aliphatic carbocycles. The van der Waals surface area contributed by atoms with Gasteiger partial charge in [-0.1, -0.05) is 6.92 Å². The number of nitrogens with zero attached hydrogens (tertiary/aromatic N) is 1. The Bertz CT molecular complexity index is 695. The third-order valence-corrected chi connectivity index (χ3v) is 4.96. The second-order valence-corrected chi connectivity index (χ2v) is 7.17. The Kier molecular flexibility index (Phi) is 9.93. The quantitative estimate of drug-likeness (QED) is 0.289. The lowest BCUT2D eigenvalue weighted by molar-refractivity contribution is -0.139. The minimum Gasteiger partial charge on any atom is -0.359 e. The summed E-state index contributed by atoms with van der Waals surface area (Å²) >= 11 is 0. The van der Waals surface area contributed by atoms with Crippen LogP contribution in [0.1, 0.15) is 39.5 Å². The Balaban J connectivity index is 2.54. The summed E-state index contributed by atoms with van der Waals surface area (Å²) in [6, 6.07) is -1.10. The number of carbonyl (C=O) groups is 6. The van der Waals surface area contributed by atoms with Crippen LogP contribution in [0.15, 0.2) is 0 Å². The molecule has 1 saturated heterocycles. The van der Waals surface area contributed by atoms with Crippen molar-refractivity contribution in [2.24, 2.45) is 11.8 Å². The lowest BCUT2D eigenvalue weighted by Gasteiger charge is -2.19. The van der Waals surface area contributed by atoms with Gasteiger partial charge in [-0.05, 0) is 13.3 Å². The number of carbonyl (C=O) groups excluding carboxylic acids is 6. The molecule has 1 aliphatic rings. The summed E-state index contributed by atoms with van der Waals surface area (Å²) in [5, 5.41) is 9.91. The molecule has 11 heteroatoms. The first kappa shape index (κ1) is 25.1. The second kappa shape index (κ2) is 11.9. The van der Waals surface area contributed by atoms with Crippen molar-refractivity contribution in [3.63, 3.8) is 0 Å². The first-order valence-corrected chi connectivity index (χ1v) is 9.97. The van der Waals surface area contributed by atoms with Crippen LogP contribution in [-0.2, 0) is 28.8 Å². The van der Waals surface area contributed by atoms with Crippen LogP contribution in [0, 0.1) is 11.8 Å². The first-order chi connectivity index (χ1) is 14.1. The SMILES string of the molecule is CCN1C(=O)CC(CCNC(=O)CC(NC(=O)C(C)CC(=O)NC)C(=O)NC)C1=O. The lowest BCUT2D eigenvalue weighted by atomic mass is 10.0. The molecule has 0 aromatic rings. The number of amides is 6. The van der Waals surface area contributed by atoms with Crippen LogP contribution >= 0.6 is 0 Å². The third-order valence-electron chi connectivity index (χ3n) is 4.96. The van der Waals surface area contributed by atoms with Crippen molar-refractivity contribution < 1.29 is 28.8 Å². The molecule has 0 radical (unpaired) electrons. The number of rotatable bonds is 11. The number of likely N-dealkylation sites (N-methyl/N-ethyl adjacent to an activating group) is 1. The van der Waals surface area contributed by atoms with Gasteiger partial charge in [0.1, 0.15) is 6.04 Å². The Labute approximate surface area is 175 Å². The largest absolute Gasteiger partial charge is 0.359 e. The highest BCUT2D eigenvalue weighted by Crippen LogP contribution is 2.21. The molecule has 0 saturated carbocycles. The third kappa shape index (κ3) is 7.12. The number of hydrogen-bond donors (Lipinski definition) is 4. The van der Waals surface area contributed by atoms with Crippen molar-refractivity contribution in [2.45, 2.75) is 45.6 Å². The van der Waals surface area contributed by atoms with Gasteiger partial charge in [-0.3, -0.25) is 33.7 Å². The van der Waals surface area contributed by atoms with E-state index in [9.17, 15) is 28.8 Å². The van der Waals surface area contributed by atoms with Crippen LogP contribution in [0.4, 0.5) is 0 Å². The number of hydrogen-bond acceptors (Lipinski definition) is 6. The highest BCUT2D eigenvalue weighted by molar-refractivity contribution is 6.03. The van der Waals surface area contributed by atoms with Gasteiger partial charge in [0.25, 0.3) is 0 Å². The molecule has 11 nitrogen and oxygen atoms in total. The zero-order valence-corrected chi connectivity index (χ0v) is 17.9. The summed E-state index contributed by atoms with van der Waals surface area (Å²) in [5.41, 5.74) is 0. The number of nitrogens with one attached hydrogen (secondary N) is 4. The molecule has 3 atom stereocenters. The maximum Gasteiger partial charge on any atom is 0.242 e. The van der Waals surface area contributed by atoms with E-state index in [4.69, 9.17) is 0 Å². The van der Waals surface area contributed by atoms with Crippen LogP contribution in [0.3, 0.4) is 0 Å². The van der Waals surface area contributed by atoms with Crippen molar-refractivity contribution in [1.82, 2.24) is 26.2 Å². The van der Waals surface area contributed by atoms with Gasteiger partial charge in [0, 0.05) is 51.9 Å². The molecule has 4 N–H and O–H groups in total. The Morgan fingerprint density at radius 2 is 1.70 bits per heavy atom. The smallest absolute Gasteiger partial charge is 0.242 e. The van der Waals surface area contributed by atoms with E-state index >= 15 is 0 Å². The number of imide groups is 1. The van der Waals surface area contributed by atoms with Crippen molar-refractivity contribution >= 4 is 35.4 Å². The minimum absolute atomic E-state index is 0.0437. The van der Waals surface area contributed by atoms with Crippen molar-refractivity contribution in [3.05, 3.63) is 0 Å². The molecular weight excluding hydrogens is 394 g/mol. The van der Waals surface area contributed by atoms with Crippen molar-refractivity contribution in [1.29, 1.82) is 0 Å². The molecule has 1 aliphatic heterocycles. The maximum atomic E-state index is 12.2. The van der Waals surface area contributed by atoms with Gasteiger partial charge >= 0.3 is 0 Å². The summed E-state index contributed by atoms with van der Waals surface area (Å²) in [6.45, 7) is 3.77. The van der Waals surface area contributed by atoms with E-state index in [1.54, 1.807) is 13.8 Å². The van der Waals surface area contributed by atoms with Crippen molar-refractivity contribution in [3.8, 4) is 0 Å². The Morgan fingerprint density at radius 3 is 2.23 bits per heavy atom. The highest BCUT2D eigenvalue weighted by atomic mass is 16.2. The van der Waals surface area contributed by atoms with Crippen LogP contribution in [0.5, 0.6) is 0 Å². The molecule has 1 fully saturated rings. The van der Waals surface area contributed by atoms with E-state index in [-0.39, 0.29) is 43.5 Å². The van der Waals surface area contributed by atoms with E-state index in [1.165, 1.54) is 19.0 Å². The summed E-state index contributed by atoms with van der Waals surface area (Å²) in [5.74, 6) is -3.44. The van der Waals surface area contributed by atoms with Crippen LogP contribution in [0.2, 0.25) is 0 Å². The van der Waals surface area contributed by atoms with E-state index in [0.717, 1.165) is 0 Å². The van der Waals surface area contributed by atoms with Gasteiger partial charge in [-0.25, -0.2) is 0 Å². The topological polar surface area (TPSA) is 154 Å². The molecule has 1 rings (SSSR count). The first-order valence-electron chi connectivity index (χ1n) is 9.97. The molecule has 3 unspecified atom stereocenters. The second-order valence-electron chi connectivity index (χ2n) is 7.17. The highest BCUT2D eigenvalue weighted by Gasteiger charge is 2.37. The van der Waals surface area contributed by atoms with Gasteiger partial charge < -0.3 is 21.3 Å². The van der Waals surface area contributed by atoms with Gasteiger partial charge in [-0.2, -0.15) is 0 Å². The molecule has 6 amide bonds. The Morgan fingerprint density at radius 1 is 1.03 bits per heavy atom. The average Bonchev–Trinajstić information content (AvgIpc) is 2.98. The van der Waals surface area contributed by atoms with Gasteiger partial charge in [-0.15, -0.1) is 0 Å². The van der Waals surface area contributed by atoms with E-state index in [1.807, 2.05) is 0 Å². The summed E-state index contributed by atoms with van der Waals surface area (Å²) in [7, 11) is 2.84.